The zero-order chi connectivity index (χ0) is 12.8. The fraction of sp³-hybridized carbons (Fsp3) is 0.273. The van der Waals surface area contributed by atoms with Gasteiger partial charge < -0.3 is 0 Å². The van der Waals surface area contributed by atoms with Crippen molar-refractivity contribution in [2.75, 3.05) is 5.75 Å². The van der Waals surface area contributed by atoms with Crippen molar-refractivity contribution in [3.05, 3.63) is 39.7 Å². The lowest BCUT2D eigenvalue weighted by molar-refractivity contribution is -0.385. The van der Waals surface area contributed by atoms with E-state index in [2.05, 4.69) is 4.98 Å². The van der Waals surface area contributed by atoms with E-state index in [-0.39, 0.29) is 10.8 Å². The van der Waals surface area contributed by atoms with Crippen molar-refractivity contribution < 1.29 is 9.72 Å². The number of carbonyl (C=O) groups is 1. The number of rotatable bonds is 4. The summed E-state index contributed by atoms with van der Waals surface area (Å²) in [4.78, 5) is 24.7. The van der Waals surface area contributed by atoms with Crippen LogP contribution in [-0.2, 0) is 4.79 Å². The number of nitro groups is 1. The van der Waals surface area contributed by atoms with E-state index >= 15 is 0 Å². The Morgan fingerprint density at radius 3 is 2.88 bits per heavy atom. The molecule has 0 aromatic carbocycles. The Kier molecular flexibility index (Phi) is 4.84. The van der Waals surface area contributed by atoms with Gasteiger partial charge in [0.1, 0.15) is 6.20 Å². The molecule has 0 fully saturated rings. The summed E-state index contributed by atoms with van der Waals surface area (Å²) < 4.78 is 0. The standard InChI is InChI=1S/C11H12N2O3S/c1-8-6-10(4-3-5-17-9(2)14)12-7-11(8)13(15)16/h3-4,6-7H,5H2,1-2H3. The summed E-state index contributed by atoms with van der Waals surface area (Å²) >= 11 is 1.20. The van der Waals surface area contributed by atoms with Crippen molar-refractivity contribution in [1.29, 1.82) is 0 Å². The van der Waals surface area contributed by atoms with Crippen LogP contribution in [0, 0.1) is 17.0 Å². The molecule has 0 aliphatic rings. The van der Waals surface area contributed by atoms with Gasteiger partial charge in [0.15, 0.2) is 5.12 Å². The molecule has 1 rings (SSSR count). The Morgan fingerprint density at radius 1 is 1.65 bits per heavy atom. The molecule has 1 aromatic heterocycles. The quantitative estimate of drug-likeness (QED) is 0.608. The van der Waals surface area contributed by atoms with E-state index in [1.807, 2.05) is 0 Å². The minimum atomic E-state index is -0.457. The van der Waals surface area contributed by atoms with Crippen LogP contribution in [-0.4, -0.2) is 20.8 Å². The van der Waals surface area contributed by atoms with Crippen LogP contribution < -0.4 is 0 Å². The van der Waals surface area contributed by atoms with Gasteiger partial charge in [0.2, 0.25) is 0 Å². The van der Waals surface area contributed by atoms with Crippen LogP contribution in [0.25, 0.3) is 6.08 Å². The van der Waals surface area contributed by atoms with Gasteiger partial charge in [-0.3, -0.25) is 14.9 Å². The largest absolute Gasteiger partial charge is 0.290 e. The fourth-order valence-corrected chi connectivity index (χ4v) is 1.61. The summed E-state index contributed by atoms with van der Waals surface area (Å²) in [6.45, 7) is 3.17. The van der Waals surface area contributed by atoms with Crippen molar-refractivity contribution in [1.82, 2.24) is 4.98 Å². The Bertz CT molecular complexity index is 472. The second kappa shape index (κ2) is 6.15. The monoisotopic (exact) mass is 252 g/mol. The highest BCUT2D eigenvalue weighted by atomic mass is 32.2. The molecule has 1 aromatic rings. The van der Waals surface area contributed by atoms with Crippen LogP contribution >= 0.6 is 11.8 Å². The van der Waals surface area contributed by atoms with Gasteiger partial charge in [-0.15, -0.1) is 0 Å². The third-order valence-electron chi connectivity index (χ3n) is 1.97. The summed E-state index contributed by atoms with van der Waals surface area (Å²) in [5.74, 6) is 0.576. The Hall–Kier alpha value is -1.69. The maximum Gasteiger partial charge on any atom is 0.290 e. The van der Waals surface area contributed by atoms with Gasteiger partial charge in [-0.1, -0.05) is 17.8 Å². The molecule has 0 spiro atoms. The minimum absolute atomic E-state index is 0.0141. The van der Waals surface area contributed by atoms with Crippen LogP contribution in [0.2, 0.25) is 0 Å². The topological polar surface area (TPSA) is 73.1 Å². The summed E-state index contributed by atoms with van der Waals surface area (Å²) in [6.07, 6.45) is 4.79. The minimum Gasteiger partial charge on any atom is -0.288 e. The Balaban J connectivity index is 2.70. The molecule has 1 heterocycles. The first-order chi connectivity index (χ1) is 8.00. The van der Waals surface area contributed by atoms with E-state index < -0.39 is 4.92 Å². The van der Waals surface area contributed by atoms with E-state index in [4.69, 9.17) is 0 Å². The van der Waals surface area contributed by atoms with Gasteiger partial charge >= 0.3 is 0 Å². The maximum atomic E-state index is 10.7. The maximum absolute atomic E-state index is 10.7. The van der Waals surface area contributed by atoms with E-state index in [0.717, 1.165) is 0 Å². The number of nitrogens with zero attached hydrogens (tertiary/aromatic N) is 2. The molecule has 6 heteroatoms. The summed E-state index contributed by atoms with van der Waals surface area (Å²) in [5.41, 5.74) is 1.24. The van der Waals surface area contributed by atoms with Crippen molar-refractivity contribution >= 4 is 28.6 Å². The number of aryl methyl sites for hydroxylation is 1. The molecule has 0 unspecified atom stereocenters. The predicted octanol–water partition coefficient (Wildman–Crippen LogP) is 2.59. The highest BCUT2D eigenvalue weighted by Crippen LogP contribution is 2.17. The van der Waals surface area contributed by atoms with E-state index in [1.165, 1.54) is 24.9 Å². The van der Waals surface area contributed by atoms with Crippen LogP contribution in [0.5, 0.6) is 0 Å². The molecule has 0 radical (unpaired) electrons. The highest BCUT2D eigenvalue weighted by Gasteiger charge is 2.10. The molecule has 0 saturated heterocycles. The van der Waals surface area contributed by atoms with E-state index in [9.17, 15) is 14.9 Å². The smallest absolute Gasteiger partial charge is 0.288 e. The Morgan fingerprint density at radius 2 is 2.35 bits per heavy atom. The van der Waals surface area contributed by atoms with Gasteiger partial charge in [0.25, 0.3) is 5.69 Å². The van der Waals surface area contributed by atoms with Crippen LogP contribution in [0.4, 0.5) is 5.69 Å². The predicted molar refractivity (Wildman–Crippen MR) is 67.8 cm³/mol. The summed E-state index contributed by atoms with van der Waals surface area (Å²) in [7, 11) is 0. The molecular weight excluding hydrogens is 240 g/mol. The molecule has 17 heavy (non-hydrogen) atoms. The number of pyridine rings is 1. The van der Waals surface area contributed by atoms with Crippen molar-refractivity contribution in [2.45, 2.75) is 13.8 Å². The molecule has 5 nitrogen and oxygen atoms in total. The first kappa shape index (κ1) is 13.4. The third kappa shape index (κ3) is 4.36. The fourth-order valence-electron chi connectivity index (χ4n) is 1.19. The average Bonchev–Trinajstić information content (AvgIpc) is 2.23. The van der Waals surface area contributed by atoms with Crippen molar-refractivity contribution in [2.24, 2.45) is 0 Å². The molecule has 0 amide bonds. The first-order valence-corrected chi connectivity index (χ1v) is 5.90. The zero-order valence-electron chi connectivity index (χ0n) is 9.54. The van der Waals surface area contributed by atoms with E-state index in [1.54, 1.807) is 25.1 Å². The molecule has 0 atom stereocenters. The Labute approximate surface area is 103 Å². The third-order valence-corrected chi connectivity index (χ3v) is 2.74. The van der Waals surface area contributed by atoms with Gasteiger partial charge in [-0.05, 0) is 19.1 Å². The highest BCUT2D eigenvalue weighted by molar-refractivity contribution is 8.13. The second-order valence-corrected chi connectivity index (χ2v) is 4.55. The van der Waals surface area contributed by atoms with Crippen LogP contribution in [0.15, 0.2) is 18.3 Å². The van der Waals surface area contributed by atoms with Crippen molar-refractivity contribution in [3.8, 4) is 0 Å². The molecule has 0 saturated carbocycles. The van der Waals surface area contributed by atoms with Gasteiger partial charge in [0, 0.05) is 18.2 Å². The molecule has 90 valence electrons. The molecular formula is C11H12N2O3S. The van der Waals surface area contributed by atoms with Crippen LogP contribution in [0.3, 0.4) is 0 Å². The summed E-state index contributed by atoms with van der Waals surface area (Å²) in [6, 6.07) is 1.65. The number of hydrogen-bond donors (Lipinski definition) is 0. The summed E-state index contributed by atoms with van der Waals surface area (Å²) in [5, 5.41) is 10.6. The van der Waals surface area contributed by atoms with Gasteiger partial charge in [0.05, 0.1) is 10.6 Å². The number of thioether (sulfide) groups is 1. The zero-order valence-corrected chi connectivity index (χ0v) is 10.4. The first-order valence-electron chi connectivity index (χ1n) is 4.91. The number of hydrogen-bond acceptors (Lipinski definition) is 5. The molecule has 0 bridgehead atoms. The number of aromatic nitrogens is 1. The van der Waals surface area contributed by atoms with Crippen molar-refractivity contribution in [3.63, 3.8) is 0 Å². The average molecular weight is 252 g/mol. The normalized spacial score (nSPS) is 10.7. The lowest BCUT2D eigenvalue weighted by atomic mass is 10.2. The lowest BCUT2D eigenvalue weighted by Gasteiger charge is -1.97. The lowest BCUT2D eigenvalue weighted by Crippen LogP contribution is -1.94. The molecule has 0 aliphatic heterocycles. The molecule has 0 aliphatic carbocycles. The number of carbonyl (C=O) groups excluding carboxylic acids is 1. The van der Waals surface area contributed by atoms with Gasteiger partial charge in [-0.2, -0.15) is 0 Å². The second-order valence-electron chi connectivity index (χ2n) is 3.36. The molecule has 0 N–H and O–H groups in total. The van der Waals surface area contributed by atoms with Crippen LogP contribution in [0.1, 0.15) is 18.2 Å². The van der Waals surface area contributed by atoms with Gasteiger partial charge in [-0.25, -0.2) is 4.98 Å². The SMILES string of the molecule is CC(=O)SCC=Cc1cc(C)c([N+](=O)[O-])cn1. The van der Waals surface area contributed by atoms with E-state index in [0.29, 0.717) is 17.0 Å².